The van der Waals surface area contributed by atoms with Crippen LogP contribution in [0, 0.1) is 0 Å². The first-order valence-electron chi connectivity index (χ1n) is 8.19. The summed E-state index contributed by atoms with van der Waals surface area (Å²) in [5.74, 6) is 1.45. The van der Waals surface area contributed by atoms with Crippen LogP contribution in [0.2, 0.25) is 0 Å². The molecule has 0 amide bonds. The van der Waals surface area contributed by atoms with Crippen molar-refractivity contribution < 1.29 is 9.47 Å². The summed E-state index contributed by atoms with van der Waals surface area (Å²) in [5, 5.41) is 4.76. The fourth-order valence-electron chi connectivity index (χ4n) is 3.41. The Morgan fingerprint density at radius 1 is 0.958 bits per heavy atom. The first-order chi connectivity index (χ1) is 11.8. The van der Waals surface area contributed by atoms with Crippen LogP contribution in [0.1, 0.15) is 17.7 Å². The molecule has 24 heavy (non-hydrogen) atoms. The number of aromatic nitrogens is 1. The van der Waals surface area contributed by atoms with Gasteiger partial charge in [0.2, 0.25) is 0 Å². The summed E-state index contributed by atoms with van der Waals surface area (Å²) >= 11 is 0. The van der Waals surface area contributed by atoms with Gasteiger partial charge in [0.1, 0.15) is 0 Å². The lowest BCUT2D eigenvalue weighted by molar-refractivity contribution is 0.355. The summed E-state index contributed by atoms with van der Waals surface area (Å²) in [7, 11) is 3.30. The van der Waals surface area contributed by atoms with Crippen LogP contribution in [0.4, 0.5) is 11.4 Å². The van der Waals surface area contributed by atoms with Gasteiger partial charge in [0.25, 0.3) is 0 Å². The van der Waals surface area contributed by atoms with Crippen molar-refractivity contribution >= 4 is 22.3 Å². The molecular formula is C20H20N2O2. The monoisotopic (exact) mass is 320 g/mol. The molecule has 4 nitrogen and oxygen atoms in total. The van der Waals surface area contributed by atoms with Gasteiger partial charge >= 0.3 is 0 Å². The Hall–Kier alpha value is -2.75. The summed E-state index contributed by atoms with van der Waals surface area (Å²) in [5.41, 5.74) is 5.75. The molecule has 1 heterocycles. The summed E-state index contributed by atoms with van der Waals surface area (Å²) in [6.07, 6.45) is 3.29. The standard InChI is InChI=1S/C20H20N2O2/c1-23-18-11-10-13(12-19(18)24-2)21-20-14-6-3-4-8-16(14)22-17-9-5-7-15(17)20/h3-4,6,8,10-12H,5,7,9H2,1-2H3,(H,21,22). The van der Waals surface area contributed by atoms with E-state index in [1.807, 2.05) is 24.3 Å². The van der Waals surface area contributed by atoms with Crippen molar-refractivity contribution in [2.75, 3.05) is 19.5 Å². The predicted molar refractivity (Wildman–Crippen MR) is 96.6 cm³/mol. The number of aryl methyl sites for hydroxylation is 1. The number of fused-ring (bicyclic) bond motifs is 2. The van der Waals surface area contributed by atoms with Crippen LogP contribution in [0.3, 0.4) is 0 Å². The maximum absolute atomic E-state index is 5.42. The number of anilines is 2. The SMILES string of the molecule is COc1ccc(Nc2c3c(nc4ccccc24)CCC3)cc1OC. The number of hydrogen-bond acceptors (Lipinski definition) is 4. The van der Waals surface area contributed by atoms with E-state index in [9.17, 15) is 0 Å². The Morgan fingerprint density at radius 3 is 2.62 bits per heavy atom. The van der Waals surface area contributed by atoms with E-state index in [4.69, 9.17) is 14.5 Å². The Labute approximate surface area is 141 Å². The summed E-state index contributed by atoms with van der Waals surface area (Å²) < 4.78 is 10.7. The van der Waals surface area contributed by atoms with E-state index in [0.29, 0.717) is 0 Å². The molecule has 0 aliphatic heterocycles. The molecule has 4 heteroatoms. The number of pyridine rings is 1. The number of benzene rings is 2. The second kappa shape index (κ2) is 6.04. The summed E-state index contributed by atoms with van der Waals surface area (Å²) in [4.78, 5) is 4.83. The van der Waals surface area contributed by atoms with Gasteiger partial charge in [-0.1, -0.05) is 18.2 Å². The van der Waals surface area contributed by atoms with E-state index in [1.54, 1.807) is 14.2 Å². The molecule has 1 aromatic heterocycles. The van der Waals surface area contributed by atoms with Gasteiger partial charge in [-0.05, 0) is 43.0 Å². The molecule has 0 atom stereocenters. The molecule has 0 fully saturated rings. The van der Waals surface area contributed by atoms with Crippen molar-refractivity contribution in [1.82, 2.24) is 4.98 Å². The molecule has 1 N–H and O–H groups in total. The molecular weight excluding hydrogens is 300 g/mol. The molecule has 0 unspecified atom stereocenters. The van der Waals surface area contributed by atoms with Crippen molar-refractivity contribution in [3.05, 3.63) is 53.7 Å². The lowest BCUT2D eigenvalue weighted by Gasteiger charge is -2.16. The molecule has 0 saturated heterocycles. The van der Waals surface area contributed by atoms with Crippen LogP contribution in [0.15, 0.2) is 42.5 Å². The molecule has 4 rings (SSSR count). The minimum Gasteiger partial charge on any atom is -0.493 e. The normalized spacial score (nSPS) is 12.9. The molecule has 0 radical (unpaired) electrons. The van der Waals surface area contributed by atoms with Crippen LogP contribution >= 0.6 is 0 Å². The highest BCUT2D eigenvalue weighted by Gasteiger charge is 2.19. The number of hydrogen-bond donors (Lipinski definition) is 1. The zero-order chi connectivity index (χ0) is 16.5. The number of nitrogens with one attached hydrogen (secondary N) is 1. The highest BCUT2D eigenvalue weighted by Crippen LogP contribution is 2.37. The second-order valence-corrected chi connectivity index (χ2v) is 5.98. The maximum atomic E-state index is 5.42. The van der Waals surface area contributed by atoms with Gasteiger partial charge in [0, 0.05) is 22.8 Å². The smallest absolute Gasteiger partial charge is 0.162 e. The second-order valence-electron chi connectivity index (χ2n) is 5.98. The molecule has 1 aliphatic rings. The topological polar surface area (TPSA) is 43.4 Å². The van der Waals surface area contributed by atoms with Crippen LogP contribution in [0.25, 0.3) is 10.9 Å². The van der Waals surface area contributed by atoms with E-state index in [0.717, 1.165) is 40.9 Å². The minimum absolute atomic E-state index is 0.720. The highest BCUT2D eigenvalue weighted by atomic mass is 16.5. The fraction of sp³-hybridized carbons (Fsp3) is 0.250. The van der Waals surface area contributed by atoms with Gasteiger partial charge in [0.15, 0.2) is 11.5 Å². The number of nitrogens with zero attached hydrogens (tertiary/aromatic N) is 1. The lowest BCUT2D eigenvalue weighted by Crippen LogP contribution is -2.00. The van der Waals surface area contributed by atoms with E-state index < -0.39 is 0 Å². The van der Waals surface area contributed by atoms with Crippen LogP contribution in [-0.2, 0) is 12.8 Å². The summed E-state index contributed by atoms with van der Waals surface area (Å²) in [6, 6.07) is 14.2. The van der Waals surface area contributed by atoms with Crippen LogP contribution in [-0.4, -0.2) is 19.2 Å². The third kappa shape index (κ3) is 2.44. The van der Waals surface area contributed by atoms with Gasteiger partial charge in [-0.2, -0.15) is 0 Å². The quantitative estimate of drug-likeness (QED) is 0.769. The van der Waals surface area contributed by atoms with Crippen LogP contribution < -0.4 is 14.8 Å². The molecule has 1 aliphatic carbocycles. The number of para-hydroxylation sites is 1. The molecule has 0 spiro atoms. The third-order valence-corrected chi connectivity index (χ3v) is 4.57. The Kier molecular flexibility index (Phi) is 3.73. The first kappa shape index (κ1) is 14.8. The number of methoxy groups -OCH3 is 2. The largest absolute Gasteiger partial charge is 0.493 e. The van der Waals surface area contributed by atoms with Gasteiger partial charge in [-0.15, -0.1) is 0 Å². The van der Waals surface area contributed by atoms with Crippen molar-refractivity contribution in [1.29, 1.82) is 0 Å². The van der Waals surface area contributed by atoms with Crippen molar-refractivity contribution in [3.63, 3.8) is 0 Å². The lowest BCUT2D eigenvalue weighted by atomic mass is 10.1. The van der Waals surface area contributed by atoms with Crippen molar-refractivity contribution in [3.8, 4) is 11.5 Å². The van der Waals surface area contributed by atoms with E-state index in [1.165, 1.54) is 23.4 Å². The minimum atomic E-state index is 0.720. The van der Waals surface area contributed by atoms with E-state index in [-0.39, 0.29) is 0 Å². The van der Waals surface area contributed by atoms with Crippen LogP contribution in [0.5, 0.6) is 11.5 Å². The Morgan fingerprint density at radius 2 is 1.79 bits per heavy atom. The average molecular weight is 320 g/mol. The zero-order valence-electron chi connectivity index (χ0n) is 13.9. The predicted octanol–water partition coefficient (Wildman–Crippen LogP) is 4.48. The van der Waals surface area contributed by atoms with Gasteiger partial charge < -0.3 is 14.8 Å². The fourth-order valence-corrected chi connectivity index (χ4v) is 3.41. The van der Waals surface area contributed by atoms with Gasteiger partial charge in [0.05, 0.1) is 25.4 Å². The van der Waals surface area contributed by atoms with E-state index in [2.05, 4.69) is 23.5 Å². The average Bonchev–Trinajstić information content (AvgIpc) is 3.09. The van der Waals surface area contributed by atoms with Crippen molar-refractivity contribution in [2.45, 2.75) is 19.3 Å². The van der Waals surface area contributed by atoms with Gasteiger partial charge in [-0.25, -0.2) is 0 Å². The maximum Gasteiger partial charge on any atom is 0.162 e. The Bertz CT molecular complexity index is 906. The third-order valence-electron chi connectivity index (χ3n) is 4.57. The number of ether oxygens (including phenoxy) is 2. The molecule has 122 valence electrons. The molecule has 3 aromatic rings. The van der Waals surface area contributed by atoms with E-state index >= 15 is 0 Å². The molecule has 0 bridgehead atoms. The Balaban J connectivity index is 1.83. The molecule has 2 aromatic carbocycles. The highest BCUT2D eigenvalue weighted by molar-refractivity contribution is 5.95. The zero-order valence-corrected chi connectivity index (χ0v) is 13.9. The summed E-state index contributed by atoms with van der Waals surface area (Å²) in [6.45, 7) is 0. The van der Waals surface area contributed by atoms with Crippen molar-refractivity contribution in [2.24, 2.45) is 0 Å². The number of rotatable bonds is 4. The first-order valence-corrected chi connectivity index (χ1v) is 8.19. The van der Waals surface area contributed by atoms with Gasteiger partial charge in [-0.3, -0.25) is 4.98 Å². The molecule has 0 saturated carbocycles.